The molecule has 3 fully saturated rings. The molecule has 2 heterocycles. The SMILES string of the molecule is O=C(NCc1cccc(CN2CCCC2=O)c1)C1CC2CCCCC2N1. The fourth-order valence-electron chi connectivity index (χ4n) is 4.76. The second-order valence-corrected chi connectivity index (χ2v) is 8.06. The van der Waals surface area contributed by atoms with E-state index in [0.717, 1.165) is 30.5 Å². The lowest BCUT2D eigenvalue weighted by atomic mass is 9.85. The van der Waals surface area contributed by atoms with Crippen molar-refractivity contribution in [1.82, 2.24) is 15.5 Å². The Morgan fingerprint density at radius 3 is 2.85 bits per heavy atom. The van der Waals surface area contributed by atoms with Gasteiger partial charge in [0.05, 0.1) is 6.04 Å². The second-order valence-electron chi connectivity index (χ2n) is 8.06. The number of amides is 2. The molecular formula is C21H29N3O2. The number of hydrogen-bond donors (Lipinski definition) is 2. The summed E-state index contributed by atoms with van der Waals surface area (Å²) >= 11 is 0. The maximum absolute atomic E-state index is 12.5. The minimum Gasteiger partial charge on any atom is -0.351 e. The Labute approximate surface area is 155 Å². The van der Waals surface area contributed by atoms with Crippen molar-refractivity contribution in [2.75, 3.05) is 6.54 Å². The molecule has 3 aliphatic rings. The van der Waals surface area contributed by atoms with Gasteiger partial charge in [-0.05, 0) is 42.7 Å². The minimum absolute atomic E-state index is 0.0338. The molecule has 0 radical (unpaired) electrons. The van der Waals surface area contributed by atoms with Gasteiger partial charge >= 0.3 is 0 Å². The van der Waals surface area contributed by atoms with Gasteiger partial charge in [-0.2, -0.15) is 0 Å². The summed E-state index contributed by atoms with van der Waals surface area (Å²) in [7, 11) is 0. The Kier molecular flexibility index (Phi) is 5.25. The van der Waals surface area contributed by atoms with Crippen molar-refractivity contribution in [2.45, 2.75) is 70.1 Å². The molecule has 3 atom stereocenters. The molecule has 0 aromatic heterocycles. The highest BCUT2D eigenvalue weighted by atomic mass is 16.2. The zero-order valence-corrected chi connectivity index (χ0v) is 15.4. The number of fused-ring (bicyclic) bond motifs is 1. The van der Waals surface area contributed by atoms with Crippen LogP contribution in [-0.2, 0) is 22.7 Å². The lowest BCUT2D eigenvalue weighted by molar-refractivity contribution is -0.128. The van der Waals surface area contributed by atoms with Gasteiger partial charge in [0.2, 0.25) is 11.8 Å². The Morgan fingerprint density at radius 1 is 1.19 bits per heavy atom. The van der Waals surface area contributed by atoms with E-state index in [2.05, 4.69) is 22.8 Å². The van der Waals surface area contributed by atoms with Crippen LogP contribution in [0.2, 0.25) is 0 Å². The number of benzene rings is 1. The number of carbonyl (C=O) groups is 2. The van der Waals surface area contributed by atoms with E-state index in [4.69, 9.17) is 0 Å². The van der Waals surface area contributed by atoms with E-state index in [1.807, 2.05) is 17.0 Å². The number of hydrogen-bond acceptors (Lipinski definition) is 3. The average molecular weight is 355 g/mol. The molecule has 1 aromatic carbocycles. The molecule has 5 nitrogen and oxygen atoms in total. The number of rotatable bonds is 5. The van der Waals surface area contributed by atoms with Crippen LogP contribution in [0.15, 0.2) is 24.3 Å². The lowest BCUT2D eigenvalue weighted by Crippen LogP contribution is -2.42. The highest BCUT2D eigenvalue weighted by molar-refractivity contribution is 5.82. The zero-order valence-electron chi connectivity index (χ0n) is 15.4. The van der Waals surface area contributed by atoms with Gasteiger partial charge in [0.15, 0.2) is 0 Å². The number of likely N-dealkylation sites (tertiary alicyclic amines) is 1. The Balaban J connectivity index is 1.29. The van der Waals surface area contributed by atoms with Crippen molar-refractivity contribution in [2.24, 2.45) is 5.92 Å². The van der Waals surface area contributed by atoms with Crippen LogP contribution in [0.5, 0.6) is 0 Å². The Morgan fingerprint density at radius 2 is 2.04 bits per heavy atom. The van der Waals surface area contributed by atoms with Gasteiger partial charge < -0.3 is 15.5 Å². The topological polar surface area (TPSA) is 61.4 Å². The van der Waals surface area contributed by atoms with Crippen molar-refractivity contribution in [3.8, 4) is 0 Å². The van der Waals surface area contributed by atoms with Crippen LogP contribution in [0.1, 0.15) is 56.1 Å². The van der Waals surface area contributed by atoms with Crippen LogP contribution < -0.4 is 10.6 Å². The summed E-state index contributed by atoms with van der Waals surface area (Å²) in [5, 5.41) is 6.64. The molecule has 0 bridgehead atoms. The summed E-state index contributed by atoms with van der Waals surface area (Å²) in [6.07, 6.45) is 7.69. The third kappa shape index (κ3) is 3.93. The van der Waals surface area contributed by atoms with Gasteiger partial charge in [-0.1, -0.05) is 37.1 Å². The molecule has 2 saturated heterocycles. The first kappa shape index (κ1) is 17.5. The van der Waals surface area contributed by atoms with Gasteiger partial charge in [-0.3, -0.25) is 9.59 Å². The summed E-state index contributed by atoms with van der Waals surface area (Å²) < 4.78 is 0. The van der Waals surface area contributed by atoms with Crippen LogP contribution in [0.4, 0.5) is 0 Å². The van der Waals surface area contributed by atoms with Crippen molar-refractivity contribution in [1.29, 1.82) is 0 Å². The first-order valence-electron chi connectivity index (χ1n) is 10.1. The molecule has 5 heteroatoms. The second kappa shape index (κ2) is 7.78. The Hall–Kier alpha value is -1.88. The third-order valence-electron chi connectivity index (χ3n) is 6.18. The summed E-state index contributed by atoms with van der Waals surface area (Å²) in [6.45, 7) is 2.08. The fraction of sp³-hybridized carbons (Fsp3) is 0.619. The molecule has 140 valence electrons. The van der Waals surface area contributed by atoms with Gasteiger partial charge in [0.1, 0.15) is 0 Å². The van der Waals surface area contributed by atoms with E-state index in [-0.39, 0.29) is 17.9 Å². The van der Waals surface area contributed by atoms with E-state index in [9.17, 15) is 9.59 Å². The molecule has 1 aliphatic carbocycles. The standard InChI is InChI=1S/C21H29N3O2/c25-20-9-4-10-24(20)14-16-6-3-5-15(11-16)13-22-21(26)19-12-17-7-1-2-8-18(17)23-19/h3,5-6,11,17-19,23H,1-2,4,7-10,12-14H2,(H,22,26). The van der Waals surface area contributed by atoms with Gasteiger partial charge in [-0.25, -0.2) is 0 Å². The predicted octanol–water partition coefficient (Wildman–Crippen LogP) is 2.35. The highest BCUT2D eigenvalue weighted by Gasteiger charge is 2.37. The third-order valence-corrected chi connectivity index (χ3v) is 6.18. The van der Waals surface area contributed by atoms with Gasteiger partial charge in [-0.15, -0.1) is 0 Å². The smallest absolute Gasteiger partial charge is 0.237 e. The van der Waals surface area contributed by atoms with E-state index in [1.54, 1.807) is 0 Å². The summed E-state index contributed by atoms with van der Waals surface area (Å²) in [6, 6.07) is 8.72. The highest BCUT2D eigenvalue weighted by Crippen LogP contribution is 2.33. The van der Waals surface area contributed by atoms with Crippen LogP contribution >= 0.6 is 0 Å². The molecule has 2 aliphatic heterocycles. The first-order valence-corrected chi connectivity index (χ1v) is 10.1. The van der Waals surface area contributed by atoms with Crippen LogP contribution in [0, 0.1) is 5.92 Å². The van der Waals surface area contributed by atoms with Crippen molar-refractivity contribution in [3.63, 3.8) is 0 Å². The summed E-state index contributed by atoms with van der Waals surface area (Å²) in [5.74, 6) is 1.05. The molecule has 26 heavy (non-hydrogen) atoms. The first-order chi connectivity index (χ1) is 12.7. The summed E-state index contributed by atoms with van der Waals surface area (Å²) in [5.41, 5.74) is 2.23. The molecule has 1 aromatic rings. The molecule has 2 N–H and O–H groups in total. The van der Waals surface area contributed by atoms with Crippen LogP contribution in [-0.4, -0.2) is 35.3 Å². The average Bonchev–Trinajstić information content (AvgIpc) is 3.26. The monoisotopic (exact) mass is 355 g/mol. The molecule has 2 amide bonds. The zero-order chi connectivity index (χ0) is 17.9. The normalized spacial score (nSPS) is 28.2. The molecule has 4 rings (SSSR count). The van der Waals surface area contributed by atoms with Crippen molar-refractivity contribution < 1.29 is 9.59 Å². The Bertz CT molecular complexity index is 661. The lowest BCUT2D eigenvalue weighted by Gasteiger charge is -2.24. The maximum Gasteiger partial charge on any atom is 0.237 e. The number of carbonyl (C=O) groups excluding carboxylic acids is 2. The summed E-state index contributed by atoms with van der Waals surface area (Å²) in [4.78, 5) is 26.3. The van der Waals surface area contributed by atoms with Crippen LogP contribution in [0.25, 0.3) is 0 Å². The van der Waals surface area contributed by atoms with E-state index < -0.39 is 0 Å². The maximum atomic E-state index is 12.5. The molecule has 1 saturated carbocycles. The number of nitrogens with zero attached hydrogens (tertiary/aromatic N) is 1. The quantitative estimate of drug-likeness (QED) is 0.852. The molecular weight excluding hydrogens is 326 g/mol. The number of nitrogens with one attached hydrogen (secondary N) is 2. The van der Waals surface area contributed by atoms with Crippen molar-refractivity contribution >= 4 is 11.8 Å². The largest absolute Gasteiger partial charge is 0.351 e. The molecule has 0 spiro atoms. The van der Waals surface area contributed by atoms with E-state index in [1.165, 1.54) is 25.7 Å². The van der Waals surface area contributed by atoms with Crippen LogP contribution in [0.3, 0.4) is 0 Å². The fourth-order valence-corrected chi connectivity index (χ4v) is 4.76. The van der Waals surface area contributed by atoms with Gasteiger partial charge in [0.25, 0.3) is 0 Å². The predicted molar refractivity (Wildman–Crippen MR) is 100 cm³/mol. The van der Waals surface area contributed by atoms with Gasteiger partial charge in [0, 0.05) is 32.1 Å². The minimum atomic E-state index is -0.0338. The van der Waals surface area contributed by atoms with E-state index in [0.29, 0.717) is 31.5 Å². The van der Waals surface area contributed by atoms with Crippen molar-refractivity contribution in [3.05, 3.63) is 35.4 Å². The molecule has 3 unspecified atom stereocenters. The van der Waals surface area contributed by atoms with E-state index >= 15 is 0 Å².